The molecule has 0 aliphatic rings. The summed E-state index contributed by atoms with van der Waals surface area (Å²) in [6.07, 6.45) is 4.62. The summed E-state index contributed by atoms with van der Waals surface area (Å²) in [4.78, 5) is 9.16. The molecule has 2 aromatic rings. The predicted molar refractivity (Wildman–Crippen MR) is 112 cm³/mol. The van der Waals surface area contributed by atoms with Crippen LogP contribution in [0.1, 0.15) is 36.8 Å². The van der Waals surface area contributed by atoms with E-state index in [9.17, 15) is 0 Å². The fourth-order valence-corrected chi connectivity index (χ4v) is 3.15. The largest absolute Gasteiger partial charge is 0.277 e. The first-order valence-electron chi connectivity index (χ1n) is 8.28. The maximum atomic E-state index is 4.58. The lowest BCUT2D eigenvalue weighted by atomic mass is 10.2. The third kappa shape index (κ3) is 7.10. The van der Waals surface area contributed by atoms with Crippen LogP contribution in [0.15, 0.2) is 70.6 Å². The second-order valence-electron chi connectivity index (χ2n) is 5.49. The Kier molecular flexibility index (Phi) is 9.00. The van der Waals surface area contributed by atoms with Gasteiger partial charge in [-0.2, -0.15) is 0 Å². The molecular formula is C20H22Br2N2. The minimum Gasteiger partial charge on any atom is -0.277 e. The second-order valence-corrected chi connectivity index (χ2v) is 6.99. The third-order valence-electron chi connectivity index (χ3n) is 3.59. The highest BCUT2D eigenvalue weighted by Gasteiger charge is 1.98. The van der Waals surface area contributed by atoms with E-state index in [-0.39, 0.29) is 0 Å². The van der Waals surface area contributed by atoms with Crippen molar-refractivity contribution in [1.82, 2.24) is 0 Å². The minimum absolute atomic E-state index is 0.868. The van der Waals surface area contributed by atoms with Crippen LogP contribution in [0.3, 0.4) is 0 Å². The fraction of sp³-hybridized carbons (Fsp3) is 0.300. The van der Waals surface area contributed by atoms with Gasteiger partial charge in [-0.3, -0.25) is 9.98 Å². The molecule has 0 fully saturated rings. The molecule has 2 nitrogen and oxygen atoms in total. The number of hydrogen-bond donors (Lipinski definition) is 0. The highest BCUT2D eigenvalue weighted by atomic mass is 79.9. The summed E-state index contributed by atoms with van der Waals surface area (Å²) in [5, 5.41) is 0. The maximum Gasteiger partial charge on any atom is 0.107 e. The van der Waals surface area contributed by atoms with Crippen molar-refractivity contribution in [3.05, 3.63) is 71.8 Å². The molecule has 0 heterocycles. The van der Waals surface area contributed by atoms with Crippen LogP contribution in [0.25, 0.3) is 0 Å². The Balaban J connectivity index is 1.59. The van der Waals surface area contributed by atoms with Crippen molar-refractivity contribution in [3.63, 3.8) is 0 Å². The molecule has 2 aromatic carbocycles. The molecule has 0 unspecified atom stereocenters. The Morgan fingerprint density at radius 2 is 0.958 bits per heavy atom. The highest BCUT2D eigenvalue weighted by molar-refractivity contribution is 9.18. The lowest BCUT2D eigenvalue weighted by Gasteiger charge is -2.01. The topological polar surface area (TPSA) is 24.7 Å². The number of unbranched alkanes of at least 4 members (excludes halogenated alkanes) is 3. The standard InChI is InChI=1S/C20H22Br2N2/c21-19(17-11-5-3-6-12-17)23-15-9-1-2-10-16-24-20(22)18-13-7-4-8-14-18/h3-8,11-14H,1-2,9-10,15-16H2/b23-19-,24-20-. The van der Waals surface area contributed by atoms with Gasteiger partial charge in [-0.25, -0.2) is 0 Å². The van der Waals surface area contributed by atoms with Crippen LogP contribution in [0.2, 0.25) is 0 Å². The van der Waals surface area contributed by atoms with Crippen molar-refractivity contribution < 1.29 is 0 Å². The van der Waals surface area contributed by atoms with E-state index in [1.807, 2.05) is 36.4 Å². The van der Waals surface area contributed by atoms with Crippen molar-refractivity contribution in [3.8, 4) is 0 Å². The quantitative estimate of drug-likeness (QED) is 0.320. The Bertz CT molecular complexity index is 592. The molecule has 0 aromatic heterocycles. The van der Waals surface area contributed by atoms with E-state index in [1.54, 1.807) is 0 Å². The summed E-state index contributed by atoms with van der Waals surface area (Å²) >= 11 is 7.09. The summed E-state index contributed by atoms with van der Waals surface area (Å²) in [6.45, 7) is 1.74. The number of benzene rings is 2. The Hall–Kier alpha value is -1.26. The smallest absolute Gasteiger partial charge is 0.107 e. The highest BCUT2D eigenvalue weighted by Crippen LogP contribution is 2.09. The first kappa shape index (κ1) is 19.1. The number of nitrogens with zero attached hydrogens (tertiary/aromatic N) is 2. The Morgan fingerprint density at radius 1 is 0.583 bits per heavy atom. The van der Waals surface area contributed by atoms with Gasteiger partial charge >= 0.3 is 0 Å². The van der Waals surface area contributed by atoms with Crippen molar-refractivity contribution >= 4 is 41.1 Å². The molecule has 0 atom stereocenters. The Labute approximate surface area is 161 Å². The average molecular weight is 450 g/mol. The van der Waals surface area contributed by atoms with Crippen LogP contribution < -0.4 is 0 Å². The molecule has 24 heavy (non-hydrogen) atoms. The van der Waals surface area contributed by atoms with E-state index in [4.69, 9.17) is 0 Å². The molecule has 4 heteroatoms. The van der Waals surface area contributed by atoms with Gasteiger partial charge in [-0.05, 0) is 44.7 Å². The van der Waals surface area contributed by atoms with Gasteiger partial charge in [-0.15, -0.1) is 0 Å². The zero-order chi connectivity index (χ0) is 17.0. The summed E-state index contributed by atoms with van der Waals surface area (Å²) in [5.74, 6) is 0. The number of aliphatic imine (C=N–C) groups is 2. The molecule has 0 amide bonds. The van der Waals surface area contributed by atoms with Crippen molar-refractivity contribution in [2.45, 2.75) is 25.7 Å². The van der Waals surface area contributed by atoms with Crippen LogP contribution in [0, 0.1) is 0 Å². The van der Waals surface area contributed by atoms with Crippen molar-refractivity contribution in [2.24, 2.45) is 9.98 Å². The molecule has 0 saturated heterocycles. The van der Waals surface area contributed by atoms with Gasteiger partial charge in [0.15, 0.2) is 0 Å². The van der Waals surface area contributed by atoms with Gasteiger partial charge in [0.05, 0.1) is 0 Å². The van der Waals surface area contributed by atoms with Crippen LogP contribution in [0.4, 0.5) is 0 Å². The van der Waals surface area contributed by atoms with Crippen LogP contribution in [-0.4, -0.2) is 22.3 Å². The second kappa shape index (κ2) is 11.3. The fourth-order valence-electron chi connectivity index (χ4n) is 2.27. The molecule has 0 aliphatic heterocycles. The van der Waals surface area contributed by atoms with Crippen LogP contribution in [0.5, 0.6) is 0 Å². The van der Waals surface area contributed by atoms with E-state index in [2.05, 4.69) is 66.1 Å². The van der Waals surface area contributed by atoms with Gasteiger partial charge in [0, 0.05) is 24.2 Å². The first-order chi connectivity index (χ1) is 11.8. The predicted octanol–water partition coefficient (Wildman–Crippen LogP) is 6.23. The van der Waals surface area contributed by atoms with E-state index in [1.165, 1.54) is 12.8 Å². The molecule has 0 N–H and O–H groups in total. The maximum absolute atomic E-state index is 4.58. The monoisotopic (exact) mass is 448 g/mol. The molecule has 126 valence electrons. The van der Waals surface area contributed by atoms with Gasteiger partial charge in [-0.1, -0.05) is 73.5 Å². The number of rotatable bonds is 9. The summed E-state index contributed by atoms with van der Waals surface area (Å²) < 4.78 is 1.89. The average Bonchev–Trinajstić information content (AvgIpc) is 2.65. The molecule has 0 radical (unpaired) electrons. The third-order valence-corrected chi connectivity index (χ3v) is 5.01. The van der Waals surface area contributed by atoms with Crippen molar-refractivity contribution in [1.29, 1.82) is 0 Å². The number of hydrogen-bond acceptors (Lipinski definition) is 2. The number of halogens is 2. The molecule has 0 aliphatic carbocycles. The van der Waals surface area contributed by atoms with Gasteiger partial charge in [0.25, 0.3) is 0 Å². The SMILES string of the molecule is Br/C(=N\CCCCCC/N=C(\Br)c1ccccc1)c1ccccc1. The Morgan fingerprint density at radius 3 is 1.33 bits per heavy atom. The summed E-state index contributed by atoms with van der Waals surface area (Å²) in [5.41, 5.74) is 2.27. The zero-order valence-electron chi connectivity index (χ0n) is 13.7. The summed E-state index contributed by atoms with van der Waals surface area (Å²) in [6, 6.07) is 20.4. The van der Waals surface area contributed by atoms with Gasteiger partial charge < -0.3 is 0 Å². The van der Waals surface area contributed by atoms with E-state index < -0.39 is 0 Å². The minimum atomic E-state index is 0.868. The zero-order valence-corrected chi connectivity index (χ0v) is 16.8. The van der Waals surface area contributed by atoms with E-state index >= 15 is 0 Å². The first-order valence-corrected chi connectivity index (χ1v) is 9.86. The van der Waals surface area contributed by atoms with E-state index in [0.717, 1.165) is 46.3 Å². The van der Waals surface area contributed by atoms with Crippen LogP contribution >= 0.6 is 31.9 Å². The molecular weight excluding hydrogens is 428 g/mol. The van der Waals surface area contributed by atoms with E-state index in [0.29, 0.717) is 0 Å². The lowest BCUT2D eigenvalue weighted by molar-refractivity contribution is 0.655. The normalized spacial score (nSPS) is 12.4. The van der Waals surface area contributed by atoms with Crippen molar-refractivity contribution in [2.75, 3.05) is 13.1 Å². The molecule has 2 rings (SSSR count). The molecule has 0 bridgehead atoms. The van der Waals surface area contributed by atoms with Gasteiger partial charge in [0.1, 0.15) is 9.24 Å². The molecule has 0 saturated carbocycles. The summed E-state index contributed by atoms with van der Waals surface area (Å²) in [7, 11) is 0. The lowest BCUT2D eigenvalue weighted by Crippen LogP contribution is -1.94. The molecule has 0 spiro atoms. The van der Waals surface area contributed by atoms with Gasteiger partial charge in [0.2, 0.25) is 0 Å². The van der Waals surface area contributed by atoms with Crippen LogP contribution in [-0.2, 0) is 0 Å².